The maximum absolute atomic E-state index is 12.9. The first kappa shape index (κ1) is 17.7. The molecule has 1 fully saturated rings. The zero-order valence-electron chi connectivity index (χ0n) is 15.4. The molecule has 1 heterocycles. The molecule has 1 saturated heterocycles. The highest BCUT2D eigenvalue weighted by Crippen LogP contribution is 2.41. The monoisotopic (exact) mass is 369 g/mol. The van der Waals surface area contributed by atoms with Gasteiger partial charge in [0.2, 0.25) is 0 Å². The zero-order valence-corrected chi connectivity index (χ0v) is 15.4. The minimum Gasteiger partial charge on any atom is -0.507 e. The van der Waals surface area contributed by atoms with Gasteiger partial charge in [-0.15, -0.1) is 0 Å². The van der Waals surface area contributed by atoms with E-state index in [4.69, 9.17) is 0 Å². The second-order valence-corrected chi connectivity index (χ2v) is 6.78. The molecule has 28 heavy (non-hydrogen) atoms. The Balaban J connectivity index is 1.94. The molecular weight excluding hydrogens is 350 g/mol. The minimum atomic E-state index is -0.690. The highest BCUT2D eigenvalue weighted by molar-refractivity contribution is 6.51. The number of benzene rings is 3. The fourth-order valence-electron chi connectivity index (χ4n) is 3.51. The largest absolute Gasteiger partial charge is 0.507 e. The Hall–Kier alpha value is -3.66. The molecule has 0 radical (unpaired) electrons. The Morgan fingerprint density at radius 1 is 0.821 bits per heavy atom. The summed E-state index contributed by atoms with van der Waals surface area (Å²) in [5, 5.41) is 11.0. The van der Waals surface area contributed by atoms with E-state index in [1.54, 1.807) is 24.3 Å². The van der Waals surface area contributed by atoms with Crippen LogP contribution in [0.2, 0.25) is 0 Å². The standard InChI is InChI=1S/C24H19NO3/c1-16-12-14-18(15-13-16)22(26)20-21(17-8-4-2-5-9-17)25(24(28)23(20)27)19-10-6-3-7-11-19/h2-15,21,26H,1H3/b22-20-. The molecular formula is C24H19NO3. The number of hydrogen-bond acceptors (Lipinski definition) is 3. The summed E-state index contributed by atoms with van der Waals surface area (Å²) in [5.41, 5.74) is 3.03. The van der Waals surface area contributed by atoms with Crippen LogP contribution in [0.15, 0.2) is 90.5 Å². The molecule has 1 unspecified atom stereocenters. The Morgan fingerprint density at radius 3 is 2.00 bits per heavy atom. The normalized spacial score (nSPS) is 18.5. The Kier molecular flexibility index (Phi) is 4.53. The van der Waals surface area contributed by atoms with Gasteiger partial charge in [-0.2, -0.15) is 0 Å². The summed E-state index contributed by atoms with van der Waals surface area (Å²) in [7, 11) is 0. The van der Waals surface area contributed by atoms with E-state index >= 15 is 0 Å². The number of carbonyl (C=O) groups is 2. The van der Waals surface area contributed by atoms with Crippen molar-refractivity contribution < 1.29 is 14.7 Å². The van der Waals surface area contributed by atoms with E-state index in [-0.39, 0.29) is 11.3 Å². The molecule has 1 N–H and O–H groups in total. The molecule has 4 rings (SSSR count). The SMILES string of the molecule is Cc1ccc(/C(O)=C2/C(=O)C(=O)N(c3ccccc3)C2c2ccccc2)cc1. The molecule has 1 aliphatic rings. The van der Waals surface area contributed by atoms with Gasteiger partial charge in [0.1, 0.15) is 5.76 Å². The van der Waals surface area contributed by atoms with E-state index in [0.29, 0.717) is 11.3 Å². The lowest BCUT2D eigenvalue weighted by molar-refractivity contribution is -0.132. The molecule has 4 nitrogen and oxygen atoms in total. The average Bonchev–Trinajstić information content (AvgIpc) is 3.00. The zero-order chi connectivity index (χ0) is 19.7. The number of anilines is 1. The van der Waals surface area contributed by atoms with E-state index in [9.17, 15) is 14.7 Å². The molecule has 3 aromatic carbocycles. The molecule has 0 aliphatic carbocycles. The van der Waals surface area contributed by atoms with E-state index in [1.807, 2.05) is 67.6 Å². The fourth-order valence-corrected chi connectivity index (χ4v) is 3.51. The number of aryl methyl sites for hydroxylation is 1. The van der Waals surface area contributed by atoms with Crippen molar-refractivity contribution >= 4 is 23.1 Å². The number of rotatable bonds is 3. The fraction of sp³-hybridized carbons (Fsp3) is 0.0833. The Morgan fingerprint density at radius 2 is 1.39 bits per heavy atom. The summed E-state index contributed by atoms with van der Waals surface area (Å²) >= 11 is 0. The van der Waals surface area contributed by atoms with Gasteiger partial charge >= 0.3 is 0 Å². The molecule has 0 bridgehead atoms. The molecule has 1 atom stereocenters. The molecule has 3 aromatic rings. The maximum Gasteiger partial charge on any atom is 0.300 e. The minimum absolute atomic E-state index is 0.101. The van der Waals surface area contributed by atoms with Crippen molar-refractivity contribution in [1.29, 1.82) is 0 Å². The molecule has 0 saturated carbocycles. The van der Waals surface area contributed by atoms with Crippen molar-refractivity contribution in [3.63, 3.8) is 0 Å². The number of amides is 1. The average molecular weight is 369 g/mol. The van der Waals surface area contributed by atoms with Crippen molar-refractivity contribution in [3.05, 3.63) is 107 Å². The van der Waals surface area contributed by atoms with E-state index < -0.39 is 17.7 Å². The first-order chi connectivity index (χ1) is 13.6. The van der Waals surface area contributed by atoms with E-state index in [0.717, 1.165) is 11.1 Å². The topological polar surface area (TPSA) is 57.6 Å². The van der Waals surface area contributed by atoms with Crippen molar-refractivity contribution in [2.45, 2.75) is 13.0 Å². The number of aliphatic hydroxyl groups is 1. The molecule has 1 amide bonds. The van der Waals surface area contributed by atoms with Crippen LogP contribution in [0, 0.1) is 6.92 Å². The van der Waals surface area contributed by atoms with Crippen molar-refractivity contribution in [1.82, 2.24) is 0 Å². The van der Waals surface area contributed by atoms with Gasteiger partial charge in [-0.3, -0.25) is 14.5 Å². The third-order valence-electron chi connectivity index (χ3n) is 4.92. The summed E-state index contributed by atoms with van der Waals surface area (Å²) in [6, 6.07) is 24.9. The second-order valence-electron chi connectivity index (χ2n) is 6.78. The van der Waals surface area contributed by atoms with Crippen LogP contribution in [0.5, 0.6) is 0 Å². The predicted molar refractivity (Wildman–Crippen MR) is 109 cm³/mol. The van der Waals surface area contributed by atoms with Gasteiger partial charge in [-0.1, -0.05) is 78.4 Å². The summed E-state index contributed by atoms with van der Waals surface area (Å²) in [6.07, 6.45) is 0. The predicted octanol–water partition coefficient (Wildman–Crippen LogP) is 4.62. The maximum atomic E-state index is 12.9. The van der Waals surface area contributed by atoms with Crippen molar-refractivity contribution in [2.75, 3.05) is 4.90 Å². The van der Waals surface area contributed by atoms with Crippen LogP contribution in [0.25, 0.3) is 5.76 Å². The van der Waals surface area contributed by atoms with Gasteiger partial charge in [-0.05, 0) is 24.6 Å². The van der Waals surface area contributed by atoms with Gasteiger partial charge in [0.15, 0.2) is 0 Å². The summed E-state index contributed by atoms with van der Waals surface area (Å²) < 4.78 is 0. The lowest BCUT2D eigenvalue weighted by atomic mass is 9.95. The van der Waals surface area contributed by atoms with Gasteiger partial charge < -0.3 is 5.11 Å². The molecule has 1 aliphatic heterocycles. The number of carbonyl (C=O) groups excluding carboxylic acids is 2. The number of hydrogen-bond donors (Lipinski definition) is 1. The van der Waals surface area contributed by atoms with Gasteiger partial charge in [-0.25, -0.2) is 0 Å². The third-order valence-corrected chi connectivity index (χ3v) is 4.92. The third kappa shape index (κ3) is 2.99. The first-order valence-electron chi connectivity index (χ1n) is 9.06. The lowest BCUT2D eigenvalue weighted by Gasteiger charge is -2.25. The quantitative estimate of drug-likeness (QED) is 0.416. The van der Waals surface area contributed by atoms with Crippen molar-refractivity contribution in [2.24, 2.45) is 0 Å². The van der Waals surface area contributed by atoms with Crippen LogP contribution in [0.4, 0.5) is 5.69 Å². The molecule has 0 spiro atoms. The van der Waals surface area contributed by atoms with Gasteiger partial charge in [0.25, 0.3) is 11.7 Å². The van der Waals surface area contributed by atoms with Crippen molar-refractivity contribution in [3.8, 4) is 0 Å². The number of aliphatic hydroxyl groups excluding tert-OH is 1. The van der Waals surface area contributed by atoms with E-state index in [2.05, 4.69) is 0 Å². The smallest absolute Gasteiger partial charge is 0.300 e. The summed E-state index contributed by atoms with van der Waals surface area (Å²) in [5.74, 6) is -1.49. The number of nitrogens with zero attached hydrogens (tertiary/aromatic N) is 1. The first-order valence-corrected chi connectivity index (χ1v) is 9.06. The number of Topliss-reactive ketones (excluding diaryl/α,β-unsaturated/α-hetero) is 1. The molecule has 0 aromatic heterocycles. The van der Waals surface area contributed by atoms with Crippen LogP contribution in [-0.4, -0.2) is 16.8 Å². The molecule has 138 valence electrons. The molecule has 4 heteroatoms. The van der Waals surface area contributed by atoms with E-state index in [1.165, 1.54) is 4.90 Å². The number of para-hydroxylation sites is 1. The van der Waals surface area contributed by atoms with Crippen LogP contribution in [0.1, 0.15) is 22.7 Å². The van der Waals surface area contributed by atoms with Crippen LogP contribution in [-0.2, 0) is 9.59 Å². The van der Waals surface area contributed by atoms with Crippen LogP contribution >= 0.6 is 0 Å². The highest BCUT2D eigenvalue weighted by Gasteiger charge is 2.46. The summed E-state index contributed by atoms with van der Waals surface area (Å²) in [4.78, 5) is 27.3. The second kappa shape index (κ2) is 7.16. The Bertz CT molecular complexity index is 1050. The van der Waals surface area contributed by atoms with Crippen LogP contribution < -0.4 is 4.90 Å². The summed E-state index contributed by atoms with van der Waals surface area (Å²) in [6.45, 7) is 1.95. The lowest BCUT2D eigenvalue weighted by Crippen LogP contribution is -2.29. The van der Waals surface area contributed by atoms with Gasteiger partial charge in [0.05, 0.1) is 11.6 Å². The highest BCUT2D eigenvalue weighted by atomic mass is 16.3. The Labute approximate surface area is 163 Å². The van der Waals surface area contributed by atoms with Gasteiger partial charge in [0, 0.05) is 11.3 Å². The number of ketones is 1. The van der Waals surface area contributed by atoms with Crippen LogP contribution in [0.3, 0.4) is 0 Å².